The standard InChI is InChI=1S/C22H32N4OS/c27-22(24-10-6-14-25-12-3-1-2-4-13-25)18-7-5-15-26(17-18)21-19-9-16-28-20(19)8-11-23-21/h8-9,11,16,18H,1-7,10,12-15,17H2,(H,24,27)/t18-/m1/s1. The van der Waals surface area contributed by atoms with Crippen LogP contribution in [0.4, 0.5) is 5.82 Å². The lowest BCUT2D eigenvalue weighted by Crippen LogP contribution is -2.44. The van der Waals surface area contributed by atoms with Crippen molar-refractivity contribution in [1.82, 2.24) is 15.2 Å². The van der Waals surface area contributed by atoms with Crippen LogP contribution in [0.5, 0.6) is 0 Å². The molecule has 0 aliphatic carbocycles. The monoisotopic (exact) mass is 400 g/mol. The second-order valence-corrected chi connectivity index (χ2v) is 9.10. The second-order valence-electron chi connectivity index (χ2n) is 8.15. The van der Waals surface area contributed by atoms with Gasteiger partial charge in [-0.15, -0.1) is 11.3 Å². The number of rotatable bonds is 6. The number of piperidine rings is 1. The fourth-order valence-corrected chi connectivity index (χ4v) is 5.31. The molecular weight excluding hydrogens is 368 g/mol. The van der Waals surface area contributed by atoms with Gasteiger partial charge in [-0.2, -0.15) is 0 Å². The number of hydrogen-bond acceptors (Lipinski definition) is 5. The molecule has 2 aromatic heterocycles. The maximum absolute atomic E-state index is 12.7. The summed E-state index contributed by atoms with van der Waals surface area (Å²) in [5.74, 6) is 1.33. The van der Waals surface area contributed by atoms with Gasteiger partial charge < -0.3 is 15.1 Å². The predicted octanol–water partition coefficient (Wildman–Crippen LogP) is 3.90. The number of fused-ring (bicyclic) bond motifs is 1. The Hall–Kier alpha value is -1.66. The molecule has 0 radical (unpaired) electrons. The molecule has 5 nitrogen and oxygen atoms in total. The SMILES string of the molecule is O=C(NCCCN1CCCCCC1)[C@@H]1CCCN(c2nccc3sccc23)C1. The van der Waals surface area contributed by atoms with E-state index >= 15 is 0 Å². The van der Waals surface area contributed by atoms with E-state index in [1.807, 2.05) is 6.20 Å². The number of thiophene rings is 1. The number of likely N-dealkylation sites (tertiary alicyclic amines) is 1. The molecule has 2 fully saturated rings. The highest BCUT2D eigenvalue weighted by Crippen LogP contribution is 2.31. The summed E-state index contributed by atoms with van der Waals surface area (Å²) in [4.78, 5) is 22.2. The van der Waals surface area contributed by atoms with Gasteiger partial charge >= 0.3 is 0 Å². The van der Waals surface area contributed by atoms with Gasteiger partial charge in [0.05, 0.1) is 5.92 Å². The van der Waals surface area contributed by atoms with E-state index in [1.165, 1.54) is 48.9 Å². The number of nitrogens with one attached hydrogen (secondary N) is 1. The van der Waals surface area contributed by atoms with Crippen molar-refractivity contribution in [3.8, 4) is 0 Å². The zero-order chi connectivity index (χ0) is 19.2. The highest BCUT2D eigenvalue weighted by Gasteiger charge is 2.27. The molecule has 1 amide bonds. The van der Waals surface area contributed by atoms with Crippen molar-refractivity contribution in [3.63, 3.8) is 0 Å². The molecule has 1 N–H and O–H groups in total. The third-order valence-corrected chi connectivity index (χ3v) is 6.98. The van der Waals surface area contributed by atoms with Gasteiger partial charge in [-0.05, 0) is 69.3 Å². The molecule has 4 heterocycles. The Morgan fingerprint density at radius 1 is 1.14 bits per heavy atom. The Kier molecular flexibility index (Phi) is 6.81. The average molecular weight is 401 g/mol. The lowest BCUT2D eigenvalue weighted by molar-refractivity contribution is -0.125. The van der Waals surface area contributed by atoms with Crippen LogP contribution in [0.2, 0.25) is 0 Å². The first-order valence-electron chi connectivity index (χ1n) is 10.9. The van der Waals surface area contributed by atoms with Crippen LogP contribution >= 0.6 is 11.3 Å². The minimum Gasteiger partial charge on any atom is -0.356 e. The molecular formula is C22H32N4OS. The quantitative estimate of drug-likeness (QED) is 0.747. The fourth-order valence-electron chi connectivity index (χ4n) is 4.53. The Balaban J connectivity index is 1.26. The Morgan fingerprint density at radius 3 is 2.86 bits per heavy atom. The molecule has 2 saturated heterocycles. The first-order chi connectivity index (χ1) is 13.8. The van der Waals surface area contributed by atoms with E-state index in [9.17, 15) is 4.79 Å². The van der Waals surface area contributed by atoms with Crippen LogP contribution in [0.15, 0.2) is 23.7 Å². The summed E-state index contributed by atoms with van der Waals surface area (Å²) in [6, 6.07) is 4.22. The largest absolute Gasteiger partial charge is 0.356 e. The normalized spacial score (nSPS) is 21.6. The van der Waals surface area contributed by atoms with Gasteiger partial charge in [0.15, 0.2) is 0 Å². The van der Waals surface area contributed by atoms with E-state index in [2.05, 4.69) is 37.6 Å². The molecule has 0 spiro atoms. The van der Waals surface area contributed by atoms with Gasteiger partial charge in [0.25, 0.3) is 0 Å². The molecule has 6 heteroatoms. The first kappa shape index (κ1) is 19.6. The van der Waals surface area contributed by atoms with E-state index < -0.39 is 0 Å². The average Bonchev–Trinajstić information content (AvgIpc) is 3.07. The van der Waals surface area contributed by atoms with Gasteiger partial charge in [0.1, 0.15) is 5.82 Å². The summed E-state index contributed by atoms with van der Waals surface area (Å²) in [7, 11) is 0. The Labute approximate surface area is 172 Å². The Bertz CT molecular complexity index is 769. The van der Waals surface area contributed by atoms with Crippen molar-refractivity contribution < 1.29 is 4.79 Å². The minimum absolute atomic E-state index is 0.0719. The summed E-state index contributed by atoms with van der Waals surface area (Å²) in [6.45, 7) is 6.13. The van der Waals surface area contributed by atoms with Crippen LogP contribution in [0.3, 0.4) is 0 Å². The van der Waals surface area contributed by atoms with Crippen molar-refractivity contribution in [2.75, 3.05) is 44.2 Å². The molecule has 1 atom stereocenters. The molecule has 4 rings (SSSR count). The van der Waals surface area contributed by atoms with Crippen LogP contribution < -0.4 is 10.2 Å². The topological polar surface area (TPSA) is 48.5 Å². The molecule has 2 aliphatic rings. The number of amides is 1. The van der Waals surface area contributed by atoms with Crippen LogP contribution in [-0.2, 0) is 4.79 Å². The maximum Gasteiger partial charge on any atom is 0.224 e. The van der Waals surface area contributed by atoms with E-state index in [4.69, 9.17) is 0 Å². The number of hydrogen-bond donors (Lipinski definition) is 1. The number of pyridine rings is 1. The van der Waals surface area contributed by atoms with E-state index in [1.54, 1.807) is 11.3 Å². The van der Waals surface area contributed by atoms with Crippen LogP contribution in [0.25, 0.3) is 10.1 Å². The summed E-state index contributed by atoms with van der Waals surface area (Å²) < 4.78 is 1.27. The summed E-state index contributed by atoms with van der Waals surface area (Å²) in [5.41, 5.74) is 0. The van der Waals surface area contributed by atoms with Crippen LogP contribution in [0, 0.1) is 5.92 Å². The van der Waals surface area contributed by atoms with E-state index in [-0.39, 0.29) is 11.8 Å². The third-order valence-electron chi connectivity index (χ3n) is 6.10. The highest BCUT2D eigenvalue weighted by molar-refractivity contribution is 7.17. The molecule has 0 unspecified atom stereocenters. The first-order valence-corrected chi connectivity index (χ1v) is 11.8. The molecule has 28 heavy (non-hydrogen) atoms. The number of aromatic nitrogens is 1. The van der Waals surface area contributed by atoms with Gasteiger partial charge in [-0.25, -0.2) is 4.98 Å². The maximum atomic E-state index is 12.7. The third kappa shape index (κ3) is 4.84. The highest BCUT2D eigenvalue weighted by atomic mass is 32.1. The number of nitrogens with zero attached hydrogens (tertiary/aromatic N) is 3. The minimum atomic E-state index is 0.0719. The van der Waals surface area contributed by atoms with Crippen molar-refractivity contribution in [2.45, 2.75) is 44.9 Å². The second kappa shape index (κ2) is 9.70. The molecule has 2 aliphatic heterocycles. The lowest BCUT2D eigenvalue weighted by atomic mass is 9.97. The molecule has 0 saturated carbocycles. The number of carbonyl (C=O) groups is 1. The number of anilines is 1. The lowest BCUT2D eigenvalue weighted by Gasteiger charge is -2.33. The molecule has 0 aromatic carbocycles. The van der Waals surface area contributed by atoms with Crippen molar-refractivity contribution >= 4 is 33.1 Å². The molecule has 2 aromatic rings. The summed E-state index contributed by atoms with van der Waals surface area (Å²) in [5, 5.41) is 6.53. The summed E-state index contributed by atoms with van der Waals surface area (Å²) in [6.07, 6.45) is 10.4. The fraction of sp³-hybridized carbons (Fsp3) is 0.636. The molecule has 152 valence electrons. The van der Waals surface area contributed by atoms with Crippen molar-refractivity contribution in [1.29, 1.82) is 0 Å². The number of carbonyl (C=O) groups excluding carboxylic acids is 1. The van der Waals surface area contributed by atoms with Gasteiger partial charge in [-0.3, -0.25) is 4.79 Å². The van der Waals surface area contributed by atoms with Gasteiger partial charge in [0, 0.05) is 35.9 Å². The van der Waals surface area contributed by atoms with Crippen LogP contribution in [0.1, 0.15) is 44.9 Å². The Morgan fingerprint density at radius 2 is 2.00 bits per heavy atom. The van der Waals surface area contributed by atoms with E-state index in [0.29, 0.717) is 0 Å². The van der Waals surface area contributed by atoms with Gasteiger partial charge in [-0.1, -0.05) is 12.8 Å². The zero-order valence-corrected chi connectivity index (χ0v) is 17.6. The zero-order valence-electron chi connectivity index (χ0n) is 16.7. The van der Waals surface area contributed by atoms with Crippen molar-refractivity contribution in [3.05, 3.63) is 23.7 Å². The van der Waals surface area contributed by atoms with Crippen molar-refractivity contribution in [2.24, 2.45) is 5.92 Å². The van der Waals surface area contributed by atoms with Crippen LogP contribution in [-0.4, -0.2) is 55.1 Å². The summed E-state index contributed by atoms with van der Waals surface area (Å²) >= 11 is 1.75. The predicted molar refractivity (Wildman–Crippen MR) is 117 cm³/mol. The van der Waals surface area contributed by atoms with E-state index in [0.717, 1.165) is 51.3 Å². The smallest absolute Gasteiger partial charge is 0.224 e. The van der Waals surface area contributed by atoms with Gasteiger partial charge in [0.2, 0.25) is 5.91 Å². The molecule has 0 bridgehead atoms.